The van der Waals surface area contributed by atoms with Gasteiger partial charge in [0.05, 0.1) is 26.2 Å². The number of halogens is 6. The van der Waals surface area contributed by atoms with Gasteiger partial charge in [0.15, 0.2) is 5.65 Å². The quantitative estimate of drug-likeness (QED) is 0.301. The van der Waals surface area contributed by atoms with Gasteiger partial charge in [0.2, 0.25) is 5.82 Å². The third-order valence-electron chi connectivity index (χ3n) is 5.04. The van der Waals surface area contributed by atoms with Crippen molar-refractivity contribution in [2.24, 2.45) is 0 Å². The average Bonchev–Trinajstić information content (AvgIpc) is 3.41. The zero-order chi connectivity index (χ0) is 24.8. The van der Waals surface area contributed by atoms with E-state index in [0.29, 0.717) is 12.0 Å². The molecular weight excluding hydrogens is 520 g/mol. The van der Waals surface area contributed by atoms with Gasteiger partial charge in [0.25, 0.3) is 5.89 Å². The molecule has 7 nitrogen and oxygen atoms in total. The summed E-state index contributed by atoms with van der Waals surface area (Å²) < 4.78 is 51.1. The van der Waals surface area contributed by atoms with Gasteiger partial charge in [0.1, 0.15) is 18.1 Å². The lowest BCUT2D eigenvalue weighted by Crippen LogP contribution is -2.31. The van der Waals surface area contributed by atoms with Crippen LogP contribution in [0.4, 0.5) is 13.2 Å². The molecular formula is C21H16Cl3F3N4O3. The maximum Gasteiger partial charge on any atom is 0.417 e. The number of aliphatic hydroxyl groups is 1. The number of rotatable bonds is 6. The number of nitrogens with zero attached hydrogens (tertiary/aromatic N) is 4. The minimum absolute atomic E-state index is 0.0117. The van der Waals surface area contributed by atoms with Crippen molar-refractivity contribution < 1.29 is 27.5 Å². The molecule has 0 saturated heterocycles. The summed E-state index contributed by atoms with van der Waals surface area (Å²) in [6, 6.07) is 3.73. The summed E-state index contributed by atoms with van der Waals surface area (Å²) in [5.41, 5.74) is -1.42. The van der Waals surface area contributed by atoms with Crippen LogP contribution in [0.5, 0.6) is 5.75 Å². The van der Waals surface area contributed by atoms with Crippen molar-refractivity contribution in [1.29, 1.82) is 0 Å². The highest BCUT2D eigenvalue weighted by Crippen LogP contribution is 2.37. The van der Waals surface area contributed by atoms with Crippen molar-refractivity contribution in [1.82, 2.24) is 19.5 Å². The standard InChI is InChI=1S/C21H16Cl3F3N4O3/c1-3-20(2,32)9-33-16-6-12(22)11(5-13(16)23)17-29-19(34-30-17)15-8-31-7-10(21(25,26)27)4-14(24)18(31)28-15/h4-8,32H,3,9H2,1-2H3. The number of hydrogen-bond donors (Lipinski definition) is 1. The van der Waals surface area contributed by atoms with Crippen molar-refractivity contribution in [3.63, 3.8) is 0 Å². The molecule has 4 aromatic rings. The number of aromatic nitrogens is 4. The van der Waals surface area contributed by atoms with Gasteiger partial charge in [-0.3, -0.25) is 0 Å². The Bertz CT molecular complexity index is 1370. The second-order valence-corrected chi connectivity index (χ2v) is 8.98. The van der Waals surface area contributed by atoms with E-state index in [0.717, 1.165) is 16.7 Å². The molecule has 0 spiro atoms. The first-order valence-corrected chi connectivity index (χ1v) is 11.0. The molecule has 0 saturated carbocycles. The monoisotopic (exact) mass is 534 g/mol. The molecule has 3 aromatic heterocycles. The van der Waals surface area contributed by atoms with Crippen molar-refractivity contribution in [3.05, 3.63) is 51.2 Å². The molecule has 0 radical (unpaired) electrons. The predicted molar refractivity (Wildman–Crippen MR) is 120 cm³/mol. The second-order valence-electron chi connectivity index (χ2n) is 7.76. The van der Waals surface area contributed by atoms with E-state index in [-0.39, 0.29) is 50.5 Å². The van der Waals surface area contributed by atoms with Crippen LogP contribution >= 0.6 is 34.8 Å². The van der Waals surface area contributed by atoms with Gasteiger partial charge < -0.3 is 18.8 Å². The maximum atomic E-state index is 13.1. The molecule has 180 valence electrons. The van der Waals surface area contributed by atoms with Gasteiger partial charge in [-0.2, -0.15) is 18.2 Å². The SMILES string of the molecule is CCC(C)(O)COc1cc(Cl)c(-c2noc(-c3cn4cc(C(F)(F)F)cc(Cl)c4n3)n2)cc1Cl. The fourth-order valence-electron chi connectivity index (χ4n) is 2.90. The summed E-state index contributed by atoms with van der Waals surface area (Å²) in [5, 5.41) is 14.2. The van der Waals surface area contributed by atoms with Gasteiger partial charge in [-0.1, -0.05) is 46.9 Å². The molecule has 0 fully saturated rings. The van der Waals surface area contributed by atoms with E-state index in [1.54, 1.807) is 6.92 Å². The number of fused-ring (bicyclic) bond motifs is 1. The lowest BCUT2D eigenvalue weighted by Gasteiger charge is -2.22. The maximum absolute atomic E-state index is 13.1. The molecule has 1 N–H and O–H groups in total. The molecule has 4 rings (SSSR count). The van der Waals surface area contributed by atoms with Crippen LogP contribution in [0.25, 0.3) is 28.6 Å². The average molecular weight is 536 g/mol. The highest BCUT2D eigenvalue weighted by molar-refractivity contribution is 6.36. The fourth-order valence-corrected chi connectivity index (χ4v) is 3.61. The van der Waals surface area contributed by atoms with Gasteiger partial charge in [-0.05, 0) is 25.5 Å². The lowest BCUT2D eigenvalue weighted by atomic mass is 10.1. The molecule has 0 amide bonds. The van der Waals surface area contributed by atoms with Gasteiger partial charge in [0, 0.05) is 24.0 Å². The van der Waals surface area contributed by atoms with E-state index in [1.165, 1.54) is 18.3 Å². The summed E-state index contributed by atoms with van der Waals surface area (Å²) in [4.78, 5) is 8.42. The van der Waals surface area contributed by atoms with Crippen LogP contribution in [0.2, 0.25) is 15.1 Å². The van der Waals surface area contributed by atoms with E-state index < -0.39 is 17.3 Å². The van der Waals surface area contributed by atoms with E-state index in [9.17, 15) is 18.3 Å². The third kappa shape index (κ3) is 4.95. The molecule has 34 heavy (non-hydrogen) atoms. The Balaban J connectivity index is 1.64. The van der Waals surface area contributed by atoms with Crippen molar-refractivity contribution in [2.75, 3.05) is 6.61 Å². The summed E-state index contributed by atoms with van der Waals surface area (Å²) in [5.74, 6) is 0.284. The Morgan fingerprint density at radius 2 is 1.79 bits per heavy atom. The lowest BCUT2D eigenvalue weighted by molar-refractivity contribution is -0.137. The largest absolute Gasteiger partial charge is 0.489 e. The Kier molecular flexibility index (Phi) is 6.45. The number of hydrogen-bond acceptors (Lipinski definition) is 6. The van der Waals surface area contributed by atoms with Gasteiger partial charge in [-0.15, -0.1) is 0 Å². The van der Waals surface area contributed by atoms with Gasteiger partial charge in [-0.25, -0.2) is 4.98 Å². The molecule has 0 aliphatic rings. The van der Waals surface area contributed by atoms with E-state index >= 15 is 0 Å². The van der Waals surface area contributed by atoms with E-state index in [2.05, 4.69) is 15.1 Å². The van der Waals surface area contributed by atoms with Crippen LogP contribution in [0.3, 0.4) is 0 Å². The second kappa shape index (κ2) is 8.92. The number of imidazole rings is 1. The van der Waals surface area contributed by atoms with E-state index in [4.69, 9.17) is 44.1 Å². The van der Waals surface area contributed by atoms with Crippen molar-refractivity contribution in [2.45, 2.75) is 32.0 Å². The Hall–Kier alpha value is -2.53. The topological polar surface area (TPSA) is 85.7 Å². The Morgan fingerprint density at radius 1 is 1.06 bits per heavy atom. The molecule has 0 bridgehead atoms. The van der Waals surface area contributed by atoms with E-state index in [1.807, 2.05) is 6.92 Å². The highest BCUT2D eigenvalue weighted by atomic mass is 35.5. The van der Waals surface area contributed by atoms with Crippen LogP contribution < -0.4 is 4.74 Å². The molecule has 1 aromatic carbocycles. The van der Waals surface area contributed by atoms with Crippen LogP contribution in [-0.4, -0.2) is 36.8 Å². The summed E-state index contributed by atoms with van der Waals surface area (Å²) in [7, 11) is 0. The van der Waals surface area contributed by atoms with Crippen molar-refractivity contribution in [3.8, 4) is 28.7 Å². The summed E-state index contributed by atoms with van der Waals surface area (Å²) in [6.07, 6.45) is -1.94. The van der Waals surface area contributed by atoms with Gasteiger partial charge >= 0.3 is 6.18 Å². The molecule has 3 heterocycles. The number of alkyl halides is 3. The van der Waals surface area contributed by atoms with Crippen LogP contribution in [0, 0.1) is 0 Å². The summed E-state index contributed by atoms with van der Waals surface area (Å²) >= 11 is 18.6. The minimum Gasteiger partial charge on any atom is -0.489 e. The van der Waals surface area contributed by atoms with Crippen molar-refractivity contribution >= 4 is 40.4 Å². The summed E-state index contributed by atoms with van der Waals surface area (Å²) in [6.45, 7) is 3.47. The minimum atomic E-state index is -4.57. The normalized spacial score (nSPS) is 13.9. The molecule has 1 atom stereocenters. The molecule has 13 heteroatoms. The zero-order valence-corrected chi connectivity index (χ0v) is 19.9. The number of ether oxygens (including phenoxy) is 1. The first-order chi connectivity index (χ1) is 15.9. The Labute approximate surface area is 206 Å². The van der Waals surface area contributed by atoms with Crippen LogP contribution in [0.15, 0.2) is 35.1 Å². The highest BCUT2D eigenvalue weighted by Gasteiger charge is 2.32. The van der Waals surface area contributed by atoms with Crippen LogP contribution in [-0.2, 0) is 6.18 Å². The smallest absolute Gasteiger partial charge is 0.417 e. The fraction of sp³-hybridized carbons (Fsp3) is 0.286. The molecule has 1 unspecified atom stereocenters. The molecule has 0 aliphatic heterocycles. The number of pyridine rings is 1. The Morgan fingerprint density at radius 3 is 2.47 bits per heavy atom. The first kappa shape index (κ1) is 24.6. The third-order valence-corrected chi connectivity index (χ3v) is 5.93. The predicted octanol–water partition coefficient (Wildman–Crippen LogP) is 6.57. The molecule has 0 aliphatic carbocycles. The number of benzene rings is 1. The first-order valence-electron chi connectivity index (χ1n) is 9.82. The van der Waals surface area contributed by atoms with Crippen LogP contribution in [0.1, 0.15) is 25.8 Å². The zero-order valence-electron chi connectivity index (χ0n) is 17.6.